The minimum Gasteiger partial charge on any atom is -0.335 e. The van der Waals surface area contributed by atoms with Crippen molar-refractivity contribution in [1.82, 2.24) is 9.62 Å². The second-order valence-electron chi connectivity index (χ2n) is 6.06. The molecule has 3 rings (SSSR count). The highest BCUT2D eigenvalue weighted by molar-refractivity contribution is 7.88. The molecule has 0 atom stereocenters. The maximum Gasteiger partial charge on any atom is 0.322 e. The Morgan fingerprint density at radius 2 is 1.96 bits per heavy atom. The Morgan fingerprint density at radius 3 is 2.61 bits per heavy atom. The van der Waals surface area contributed by atoms with Crippen LogP contribution in [0.4, 0.5) is 14.9 Å². The van der Waals surface area contributed by atoms with Crippen LogP contribution in [0.2, 0.25) is 0 Å². The van der Waals surface area contributed by atoms with E-state index in [4.69, 9.17) is 0 Å². The van der Waals surface area contributed by atoms with Crippen LogP contribution in [0.15, 0.2) is 18.2 Å². The molecule has 2 amide bonds. The van der Waals surface area contributed by atoms with E-state index in [2.05, 4.69) is 5.32 Å². The van der Waals surface area contributed by atoms with E-state index >= 15 is 0 Å². The number of fused-ring (bicyclic) bond motifs is 1. The number of halogens is 1. The number of carbonyl (C=O) groups is 1. The van der Waals surface area contributed by atoms with E-state index in [9.17, 15) is 17.6 Å². The van der Waals surface area contributed by atoms with Crippen LogP contribution < -0.4 is 10.2 Å². The third-order valence-corrected chi connectivity index (χ3v) is 5.74. The topological polar surface area (TPSA) is 69.7 Å². The molecule has 1 fully saturated rings. The monoisotopic (exact) mass is 341 g/mol. The molecule has 2 heterocycles. The Balaban J connectivity index is 1.60. The zero-order chi connectivity index (χ0) is 16.6. The van der Waals surface area contributed by atoms with Crippen molar-refractivity contribution in [1.29, 1.82) is 0 Å². The van der Waals surface area contributed by atoms with Gasteiger partial charge in [-0.1, -0.05) is 0 Å². The van der Waals surface area contributed by atoms with Gasteiger partial charge in [0.1, 0.15) is 5.82 Å². The third kappa shape index (κ3) is 3.48. The molecule has 6 nitrogen and oxygen atoms in total. The Bertz CT molecular complexity index is 715. The Labute approximate surface area is 135 Å². The molecular weight excluding hydrogens is 321 g/mol. The molecule has 0 unspecified atom stereocenters. The normalized spacial score (nSPS) is 19.7. The second kappa shape index (κ2) is 6.09. The Hall–Kier alpha value is -1.67. The molecule has 1 N–H and O–H groups in total. The van der Waals surface area contributed by atoms with E-state index < -0.39 is 10.0 Å². The van der Waals surface area contributed by atoms with Crippen LogP contribution in [0.3, 0.4) is 0 Å². The fourth-order valence-electron chi connectivity index (χ4n) is 3.17. The summed E-state index contributed by atoms with van der Waals surface area (Å²) in [5.41, 5.74) is 1.59. The van der Waals surface area contributed by atoms with Gasteiger partial charge in [-0.05, 0) is 43.0 Å². The molecule has 0 spiro atoms. The van der Waals surface area contributed by atoms with Gasteiger partial charge in [-0.15, -0.1) is 0 Å². The number of nitrogens with one attached hydrogen (secondary N) is 1. The van der Waals surface area contributed by atoms with Gasteiger partial charge in [-0.2, -0.15) is 0 Å². The standard InChI is InChI=1S/C15H20FN3O3S/c1-23(21,22)18-7-5-13(6-8-18)17-15(20)19-9-4-11-10-12(16)2-3-14(11)19/h2-3,10,13H,4-9H2,1H3,(H,17,20). The molecule has 2 aliphatic rings. The Morgan fingerprint density at radius 1 is 1.26 bits per heavy atom. The van der Waals surface area contributed by atoms with E-state index in [0.29, 0.717) is 38.9 Å². The quantitative estimate of drug-likeness (QED) is 0.882. The molecule has 2 aliphatic heterocycles. The smallest absolute Gasteiger partial charge is 0.322 e. The molecule has 0 bridgehead atoms. The number of amides is 2. The predicted octanol–water partition coefficient (Wildman–Crippen LogP) is 1.32. The molecule has 126 valence electrons. The number of urea groups is 1. The molecule has 1 saturated heterocycles. The lowest BCUT2D eigenvalue weighted by molar-refractivity contribution is 0.233. The van der Waals surface area contributed by atoms with Crippen molar-refractivity contribution in [3.63, 3.8) is 0 Å². The minimum atomic E-state index is -3.16. The lowest BCUT2D eigenvalue weighted by Gasteiger charge is -2.31. The van der Waals surface area contributed by atoms with E-state index in [1.807, 2.05) is 0 Å². The largest absolute Gasteiger partial charge is 0.335 e. The number of piperidine rings is 1. The van der Waals surface area contributed by atoms with Crippen molar-refractivity contribution < 1.29 is 17.6 Å². The number of hydrogen-bond donors (Lipinski definition) is 1. The first-order chi connectivity index (χ1) is 10.8. The van der Waals surface area contributed by atoms with Gasteiger partial charge >= 0.3 is 6.03 Å². The Kier molecular flexibility index (Phi) is 4.29. The highest BCUT2D eigenvalue weighted by Crippen LogP contribution is 2.28. The average molecular weight is 341 g/mol. The van der Waals surface area contributed by atoms with Crippen molar-refractivity contribution in [3.8, 4) is 0 Å². The number of nitrogens with zero attached hydrogens (tertiary/aromatic N) is 2. The van der Waals surface area contributed by atoms with Gasteiger partial charge < -0.3 is 5.32 Å². The number of carbonyl (C=O) groups excluding carboxylic acids is 1. The van der Waals surface area contributed by atoms with Gasteiger partial charge in [0.05, 0.1) is 6.26 Å². The van der Waals surface area contributed by atoms with E-state index in [0.717, 1.165) is 11.3 Å². The summed E-state index contributed by atoms with van der Waals surface area (Å²) in [5, 5.41) is 2.96. The van der Waals surface area contributed by atoms with Crippen LogP contribution >= 0.6 is 0 Å². The molecule has 1 aromatic carbocycles. The van der Waals surface area contributed by atoms with E-state index in [-0.39, 0.29) is 17.9 Å². The summed E-state index contributed by atoms with van der Waals surface area (Å²) in [5.74, 6) is -0.292. The fraction of sp³-hybridized carbons (Fsp3) is 0.533. The molecule has 0 aliphatic carbocycles. The van der Waals surface area contributed by atoms with Crippen LogP contribution in [-0.2, 0) is 16.4 Å². The molecule has 1 aromatic rings. The summed E-state index contributed by atoms with van der Waals surface area (Å²) in [4.78, 5) is 14.1. The molecule has 0 radical (unpaired) electrons. The van der Waals surface area contributed by atoms with Gasteiger partial charge in [-0.25, -0.2) is 21.9 Å². The molecule has 0 aromatic heterocycles. The van der Waals surface area contributed by atoms with Gasteiger partial charge in [0.2, 0.25) is 10.0 Å². The highest BCUT2D eigenvalue weighted by Gasteiger charge is 2.29. The zero-order valence-electron chi connectivity index (χ0n) is 13.0. The van der Waals surface area contributed by atoms with Gasteiger partial charge in [-0.3, -0.25) is 4.90 Å². The zero-order valence-corrected chi connectivity index (χ0v) is 13.8. The van der Waals surface area contributed by atoms with Crippen LogP contribution in [0.5, 0.6) is 0 Å². The second-order valence-corrected chi connectivity index (χ2v) is 8.04. The maximum absolute atomic E-state index is 13.2. The number of benzene rings is 1. The van der Waals surface area contributed by atoms with Crippen molar-refractivity contribution in [2.45, 2.75) is 25.3 Å². The minimum absolute atomic E-state index is 0.0370. The fourth-order valence-corrected chi connectivity index (χ4v) is 4.04. The first-order valence-corrected chi connectivity index (χ1v) is 9.51. The van der Waals surface area contributed by atoms with Crippen LogP contribution in [0.25, 0.3) is 0 Å². The van der Waals surface area contributed by atoms with E-state index in [1.54, 1.807) is 11.0 Å². The van der Waals surface area contributed by atoms with Crippen molar-refractivity contribution in [3.05, 3.63) is 29.6 Å². The lowest BCUT2D eigenvalue weighted by atomic mass is 10.1. The van der Waals surface area contributed by atoms with Crippen LogP contribution in [-0.4, -0.2) is 50.7 Å². The number of rotatable bonds is 2. The highest BCUT2D eigenvalue weighted by atomic mass is 32.2. The summed E-state index contributed by atoms with van der Waals surface area (Å²) in [7, 11) is -3.16. The maximum atomic E-state index is 13.2. The van der Waals surface area contributed by atoms with Gasteiger partial charge in [0, 0.05) is 31.4 Å². The van der Waals surface area contributed by atoms with E-state index in [1.165, 1.54) is 22.7 Å². The summed E-state index contributed by atoms with van der Waals surface area (Å²) in [6.45, 7) is 1.38. The van der Waals surface area contributed by atoms with Crippen molar-refractivity contribution >= 4 is 21.7 Å². The van der Waals surface area contributed by atoms with Gasteiger partial charge in [0.25, 0.3) is 0 Å². The van der Waals surface area contributed by atoms with Crippen LogP contribution in [0, 0.1) is 5.82 Å². The van der Waals surface area contributed by atoms with Crippen LogP contribution in [0.1, 0.15) is 18.4 Å². The summed E-state index contributed by atoms with van der Waals surface area (Å²) in [6.07, 6.45) is 3.05. The lowest BCUT2D eigenvalue weighted by Crippen LogP contribution is -2.49. The summed E-state index contributed by atoms with van der Waals surface area (Å²) in [6, 6.07) is 4.21. The first-order valence-electron chi connectivity index (χ1n) is 7.66. The average Bonchev–Trinajstić information content (AvgIpc) is 2.89. The summed E-state index contributed by atoms with van der Waals surface area (Å²) >= 11 is 0. The molecular formula is C15H20FN3O3S. The van der Waals surface area contributed by atoms with Crippen molar-refractivity contribution in [2.75, 3.05) is 30.8 Å². The predicted molar refractivity (Wildman–Crippen MR) is 85.4 cm³/mol. The number of hydrogen-bond acceptors (Lipinski definition) is 3. The van der Waals surface area contributed by atoms with Crippen molar-refractivity contribution in [2.24, 2.45) is 0 Å². The molecule has 8 heteroatoms. The summed E-state index contributed by atoms with van der Waals surface area (Å²) < 4.78 is 37.6. The van der Waals surface area contributed by atoms with Gasteiger partial charge in [0.15, 0.2) is 0 Å². The number of sulfonamides is 1. The SMILES string of the molecule is CS(=O)(=O)N1CCC(NC(=O)N2CCc3cc(F)ccc32)CC1. The third-order valence-electron chi connectivity index (χ3n) is 4.43. The number of anilines is 1. The molecule has 0 saturated carbocycles. The molecule has 23 heavy (non-hydrogen) atoms. The first kappa shape index (κ1) is 16.2.